The predicted octanol–water partition coefficient (Wildman–Crippen LogP) is 0.407. The maximum atomic E-state index is 14.3. The van der Waals surface area contributed by atoms with Gasteiger partial charge in [0.25, 0.3) is 5.91 Å². The van der Waals surface area contributed by atoms with E-state index in [1.807, 2.05) is 0 Å². The Morgan fingerprint density at radius 3 is 2.34 bits per heavy atom. The zero-order valence-corrected chi connectivity index (χ0v) is 17.2. The maximum Gasteiger partial charge on any atom is 0.351 e. The Hall–Kier alpha value is -3.29. The highest BCUT2D eigenvalue weighted by atomic mass is 19.3. The van der Waals surface area contributed by atoms with E-state index in [-0.39, 0.29) is 28.6 Å². The number of aliphatic hydroxyl groups is 2. The number of ether oxygens (including phenoxy) is 4. The fraction of sp³-hybridized carbons (Fsp3) is 0.421. The Labute approximate surface area is 180 Å². The van der Waals surface area contributed by atoms with E-state index in [1.165, 1.54) is 33.5 Å². The zero-order valence-electron chi connectivity index (χ0n) is 17.2. The van der Waals surface area contributed by atoms with Crippen LogP contribution in [0.1, 0.15) is 16.6 Å². The van der Waals surface area contributed by atoms with Gasteiger partial charge in [0.1, 0.15) is 11.9 Å². The van der Waals surface area contributed by atoms with Crippen molar-refractivity contribution in [3.63, 3.8) is 0 Å². The number of benzene rings is 1. The summed E-state index contributed by atoms with van der Waals surface area (Å²) in [6.45, 7) is -0.863. The van der Waals surface area contributed by atoms with Crippen LogP contribution in [0, 0.1) is 0 Å². The molecule has 3 rings (SSSR count). The third-order valence-electron chi connectivity index (χ3n) is 4.81. The smallest absolute Gasteiger partial charge is 0.351 e. The third-order valence-corrected chi connectivity index (χ3v) is 4.81. The molecule has 1 saturated heterocycles. The van der Waals surface area contributed by atoms with E-state index in [9.17, 15) is 23.5 Å². The molecule has 32 heavy (non-hydrogen) atoms. The highest BCUT2D eigenvalue weighted by Gasteiger charge is 2.59. The summed E-state index contributed by atoms with van der Waals surface area (Å²) in [7, 11) is 4.15. The standard InChI is InChI=1S/C19H21F2N3O8/c1-29-10-6-9(7-11(30-2)14(10)31-3)16(27)22-13-4-5-24(18(28)23-13)17-19(20,21)15(26)12(8-25)32-17/h4-7,12,15,17,25-26H,8H2,1-3H3,(H,22,23,27,28)/t12-,15?,17-/m1/s1. The molecule has 13 heteroatoms. The summed E-state index contributed by atoms with van der Waals surface area (Å²) in [6, 6.07) is 3.86. The van der Waals surface area contributed by atoms with Crippen LogP contribution in [0.2, 0.25) is 0 Å². The molecule has 0 aliphatic carbocycles. The van der Waals surface area contributed by atoms with Crippen LogP contribution < -0.4 is 25.2 Å². The topological polar surface area (TPSA) is 141 Å². The zero-order chi connectivity index (χ0) is 23.6. The van der Waals surface area contributed by atoms with Crippen LogP contribution in [0.25, 0.3) is 0 Å². The SMILES string of the molecule is COc1cc(C(=O)Nc2ccn([C@@H]3O[C@H](CO)C(O)C3(F)F)c(=O)n2)cc(OC)c1OC. The second-order valence-corrected chi connectivity index (χ2v) is 6.70. The van der Waals surface area contributed by atoms with Crippen molar-refractivity contribution in [1.82, 2.24) is 9.55 Å². The van der Waals surface area contributed by atoms with Crippen molar-refractivity contribution in [2.75, 3.05) is 33.3 Å². The van der Waals surface area contributed by atoms with Crippen molar-refractivity contribution in [3.8, 4) is 17.2 Å². The highest BCUT2D eigenvalue weighted by molar-refractivity contribution is 6.04. The van der Waals surface area contributed by atoms with Gasteiger partial charge in [-0.05, 0) is 18.2 Å². The number of anilines is 1. The third kappa shape index (κ3) is 4.09. The average molecular weight is 457 g/mol. The van der Waals surface area contributed by atoms with Crippen LogP contribution in [0.4, 0.5) is 14.6 Å². The van der Waals surface area contributed by atoms with E-state index in [4.69, 9.17) is 24.1 Å². The van der Waals surface area contributed by atoms with Crippen LogP contribution in [-0.2, 0) is 4.74 Å². The van der Waals surface area contributed by atoms with E-state index in [1.54, 1.807) is 0 Å². The first-order valence-electron chi connectivity index (χ1n) is 9.20. The Morgan fingerprint density at radius 1 is 1.25 bits per heavy atom. The quantitative estimate of drug-likeness (QED) is 0.539. The number of rotatable bonds is 7. The van der Waals surface area contributed by atoms with Gasteiger partial charge in [-0.15, -0.1) is 0 Å². The van der Waals surface area contributed by atoms with Gasteiger partial charge in [0, 0.05) is 11.8 Å². The van der Waals surface area contributed by atoms with E-state index in [0.29, 0.717) is 4.57 Å². The van der Waals surface area contributed by atoms with Gasteiger partial charge in [-0.2, -0.15) is 13.8 Å². The summed E-state index contributed by atoms with van der Waals surface area (Å²) in [5.74, 6) is -4.04. The fourth-order valence-electron chi connectivity index (χ4n) is 3.18. The van der Waals surface area contributed by atoms with Crippen molar-refractivity contribution in [1.29, 1.82) is 0 Å². The molecular weight excluding hydrogens is 436 g/mol. The number of aliphatic hydroxyl groups excluding tert-OH is 2. The minimum atomic E-state index is -3.85. The minimum absolute atomic E-state index is 0.0880. The number of amides is 1. The lowest BCUT2D eigenvalue weighted by Gasteiger charge is -2.21. The second-order valence-electron chi connectivity index (χ2n) is 6.70. The first-order chi connectivity index (χ1) is 15.2. The molecule has 1 aliphatic rings. The Kier molecular flexibility index (Phi) is 6.62. The van der Waals surface area contributed by atoms with E-state index in [0.717, 1.165) is 12.3 Å². The molecule has 1 amide bonds. The highest BCUT2D eigenvalue weighted by Crippen LogP contribution is 2.42. The van der Waals surface area contributed by atoms with E-state index < -0.39 is 42.6 Å². The summed E-state index contributed by atoms with van der Waals surface area (Å²) in [4.78, 5) is 28.5. The summed E-state index contributed by atoms with van der Waals surface area (Å²) in [5, 5.41) is 21.0. The van der Waals surface area contributed by atoms with Crippen molar-refractivity contribution >= 4 is 11.7 Å². The number of carbonyl (C=O) groups is 1. The Balaban J connectivity index is 1.85. The van der Waals surface area contributed by atoms with Gasteiger partial charge in [0.2, 0.25) is 12.0 Å². The maximum absolute atomic E-state index is 14.3. The van der Waals surface area contributed by atoms with Gasteiger partial charge in [0.05, 0.1) is 27.9 Å². The number of hydrogen-bond acceptors (Lipinski definition) is 9. The van der Waals surface area contributed by atoms with Crippen LogP contribution in [-0.4, -0.2) is 71.7 Å². The van der Waals surface area contributed by atoms with Crippen LogP contribution in [0.15, 0.2) is 29.2 Å². The Morgan fingerprint density at radius 2 is 1.88 bits per heavy atom. The molecular formula is C19H21F2N3O8. The average Bonchev–Trinajstić information content (AvgIpc) is 3.01. The molecule has 1 aromatic heterocycles. The van der Waals surface area contributed by atoms with E-state index in [2.05, 4.69) is 10.3 Å². The van der Waals surface area contributed by atoms with Gasteiger partial charge in [-0.25, -0.2) is 4.79 Å². The monoisotopic (exact) mass is 457 g/mol. The molecule has 1 unspecified atom stereocenters. The number of methoxy groups -OCH3 is 3. The van der Waals surface area contributed by atoms with Gasteiger partial charge in [0.15, 0.2) is 17.6 Å². The molecule has 0 saturated carbocycles. The summed E-state index contributed by atoms with van der Waals surface area (Å²) >= 11 is 0. The second kappa shape index (κ2) is 9.06. The van der Waals surface area contributed by atoms with Crippen LogP contribution in [0.5, 0.6) is 17.2 Å². The fourth-order valence-corrected chi connectivity index (χ4v) is 3.18. The van der Waals surface area contributed by atoms with Crippen LogP contribution in [0.3, 0.4) is 0 Å². The molecule has 3 atom stereocenters. The molecule has 0 spiro atoms. The largest absolute Gasteiger partial charge is 0.493 e. The van der Waals surface area contributed by atoms with Gasteiger partial charge >= 0.3 is 11.6 Å². The molecule has 0 bridgehead atoms. The molecule has 1 aliphatic heterocycles. The lowest BCUT2D eigenvalue weighted by atomic mass is 10.1. The number of halogens is 2. The van der Waals surface area contributed by atoms with Gasteiger partial charge in [-0.3, -0.25) is 9.36 Å². The summed E-state index contributed by atoms with van der Waals surface area (Å²) in [6.07, 6.45) is -5.11. The number of carbonyl (C=O) groups excluding carboxylic acids is 1. The molecule has 11 nitrogen and oxygen atoms in total. The predicted molar refractivity (Wildman–Crippen MR) is 104 cm³/mol. The molecule has 0 radical (unpaired) electrons. The van der Waals surface area contributed by atoms with Crippen molar-refractivity contribution in [3.05, 3.63) is 40.4 Å². The lowest BCUT2D eigenvalue weighted by molar-refractivity contribution is -0.140. The molecule has 1 aromatic carbocycles. The molecule has 1 fully saturated rings. The van der Waals surface area contributed by atoms with Gasteiger partial charge in [-0.1, -0.05) is 0 Å². The number of nitrogens with zero attached hydrogens (tertiary/aromatic N) is 2. The van der Waals surface area contributed by atoms with E-state index >= 15 is 0 Å². The first kappa shape index (κ1) is 23.4. The molecule has 2 heterocycles. The number of aromatic nitrogens is 2. The van der Waals surface area contributed by atoms with Crippen molar-refractivity contribution in [2.45, 2.75) is 24.4 Å². The van der Waals surface area contributed by atoms with Crippen molar-refractivity contribution < 1.29 is 42.7 Å². The molecule has 174 valence electrons. The number of nitrogens with one attached hydrogen (secondary N) is 1. The van der Waals surface area contributed by atoms with Crippen LogP contribution >= 0.6 is 0 Å². The van der Waals surface area contributed by atoms with Gasteiger partial charge < -0.3 is 34.5 Å². The normalized spacial score (nSPS) is 21.8. The first-order valence-corrected chi connectivity index (χ1v) is 9.20. The Bertz CT molecular complexity index is 1040. The summed E-state index contributed by atoms with van der Waals surface area (Å²) in [5.41, 5.74) is -1.08. The number of hydrogen-bond donors (Lipinski definition) is 3. The lowest BCUT2D eigenvalue weighted by Crippen LogP contribution is -2.41. The molecule has 3 N–H and O–H groups in total. The molecule has 2 aromatic rings. The van der Waals surface area contributed by atoms with Crippen molar-refractivity contribution in [2.24, 2.45) is 0 Å². The minimum Gasteiger partial charge on any atom is -0.493 e. The summed E-state index contributed by atoms with van der Waals surface area (Å²) < 4.78 is 49.5. The number of alkyl halides is 2.